The summed E-state index contributed by atoms with van der Waals surface area (Å²) in [5, 5.41) is 5.30. The largest absolute Gasteiger partial charge is 0.459 e. The van der Waals surface area contributed by atoms with Crippen LogP contribution in [0.5, 0.6) is 0 Å². The second-order valence-electron chi connectivity index (χ2n) is 6.47. The lowest BCUT2D eigenvalue weighted by atomic mass is 10.2. The molecule has 2 aromatic heterocycles. The lowest BCUT2D eigenvalue weighted by molar-refractivity contribution is -0.116. The van der Waals surface area contributed by atoms with Gasteiger partial charge < -0.3 is 20.0 Å². The number of aromatic amines is 1. The Morgan fingerprint density at radius 2 is 1.97 bits per heavy atom. The summed E-state index contributed by atoms with van der Waals surface area (Å²) in [5.74, 6) is -1.51. The molecule has 0 bridgehead atoms. The zero-order chi connectivity index (χ0) is 21.1. The van der Waals surface area contributed by atoms with E-state index in [9.17, 15) is 18.4 Å². The predicted octanol–water partition coefficient (Wildman–Crippen LogP) is 3.86. The number of hydrogen-bond donors (Lipinski definition) is 3. The number of carbonyl (C=O) groups is 2. The van der Waals surface area contributed by atoms with Crippen molar-refractivity contribution in [3.8, 4) is 11.4 Å². The summed E-state index contributed by atoms with van der Waals surface area (Å²) < 4.78 is 32.4. The van der Waals surface area contributed by atoms with Gasteiger partial charge in [0.1, 0.15) is 17.5 Å². The molecule has 7 nitrogen and oxygen atoms in total. The number of furan rings is 1. The standard InChI is InChI=1S/C21H16F2N4O3/c22-12-3-5-15(23)14(10-12)20-26-16-6-4-13(11-17(16)27-20)25-19(28)7-8-24-21(29)18-2-1-9-30-18/h1-6,9-11H,7-8H2,(H,24,29)(H,25,28)(H,26,27). The first-order valence-electron chi connectivity index (χ1n) is 9.06. The number of fused-ring (bicyclic) bond motifs is 1. The lowest BCUT2D eigenvalue weighted by Crippen LogP contribution is -2.27. The topological polar surface area (TPSA) is 100 Å². The van der Waals surface area contributed by atoms with E-state index in [1.165, 1.54) is 12.3 Å². The third-order valence-corrected chi connectivity index (χ3v) is 4.33. The van der Waals surface area contributed by atoms with Crippen molar-refractivity contribution in [2.75, 3.05) is 11.9 Å². The molecule has 0 aliphatic carbocycles. The molecule has 4 rings (SSSR count). The Morgan fingerprint density at radius 1 is 1.10 bits per heavy atom. The molecule has 2 aromatic carbocycles. The minimum atomic E-state index is -0.597. The maximum absolute atomic E-state index is 14.0. The van der Waals surface area contributed by atoms with Crippen molar-refractivity contribution in [2.45, 2.75) is 6.42 Å². The van der Waals surface area contributed by atoms with Gasteiger partial charge in [0.05, 0.1) is 22.9 Å². The van der Waals surface area contributed by atoms with E-state index < -0.39 is 17.5 Å². The number of nitrogens with one attached hydrogen (secondary N) is 3. The van der Waals surface area contributed by atoms with Gasteiger partial charge in [-0.1, -0.05) is 0 Å². The molecule has 0 radical (unpaired) electrons. The molecule has 0 saturated carbocycles. The van der Waals surface area contributed by atoms with Crippen LogP contribution in [0.4, 0.5) is 14.5 Å². The summed E-state index contributed by atoms with van der Waals surface area (Å²) >= 11 is 0. The summed E-state index contributed by atoms with van der Waals surface area (Å²) in [6.45, 7) is 0.140. The molecule has 0 unspecified atom stereocenters. The highest BCUT2D eigenvalue weighted by molar-refractivity contribution is 5.95. The Balaban J connectivity index is 1.40. The van der Waals surface area contributed by atoms with E-state index in [1.54, 1.807) is 24.3 Å². The van der Waals surface area contributed by atoms with Crippen LogP contribution < -0.4 is 10.6 Å². The number of imidazole rings is 1. The van der Waals surface area contributed by atoms with E-state index in [0.717, 1.165) is 18.2 Å². The van der Waals surface area contributed by atoms with E-state index in [1.807, 2.05) is 0 Å². The van der Waals surface area contributed by atoms with Crippen molar-refractivity contribution < 1.29 is 22.8 Å². The van der Waals surface area contributed by atoms with Gasteiger partial charge in [-0.3, -0.25) is 9.59 Å². The van der Waals surface area contributed by atoms with E-state index in [4.69, 9.17) is 4.42 Å². The monoisotopic (exact) mass is 410 g/mol. The molecule has 152 valence electrons. The zero-order valence-electron chi connectivity index (χ0n) is 15.5. The van der Waals surface area contributed by atoms with Gasteiger partial charge in [-0.15, -0.1) is 0 Å². The summed E-state index contributed by atoms with van der Waals surface area (Å²) in [5.41, 5.74) is 1.61. The maximum Gasteiger partial charge on any atom is 0.286 e. The highest BCUT2D eigenvalue weighted by Crippen LogP contribution is 2.25. The normalized spacial score (nSPS) is 10.9. The molecule has 0 saturated heterocycles. The minimum absolute atomic E-state index is 0.0177. The molecule has 0 atom stereocenters. The summed E-state index contributed by atoms with van der Waals surface area (Å²) in [6, 6.07) is 11.2. The number of nitrogens with zero attached hydrogens (tertiary/aromatic N) is 1. The summed E-state index contributed by atoms with van der Waals surface area (Å²) in [6.07, 6.45) is 1.45. The Morgan fingerprint density at radius 3 is 2.77 bits per heavy atom. The summed E-state index contributed by atoms with van der Waals surface area (Å²) in [4.78, 5) is 31.1. The van der Waals surface area contributed by atoms with Crippen molar-refractivity contribution in [1.82, 2.24) is 15.3 Å². The number of aromatic nitrogens is 2. The average molecular weight is 410 g/mol. The van der Waals surface area contributed by atoms with Crippen LogP contribution in [-0.2, 0) is 4.79 Å². The number of hydrogen-bond acceptors (Lipinski definition) is 4. The van der Waals surface area contributed by atoms with Crippen molar-refractivity contribution in [3.63, 3.8) is 0 Å². The molecule has 3 N–H and O–H groups in total. The molecular formula is C21H16F2N4O3. The fourth-order valence-electron chi connectivity index (χ4n) is 2.90. The fraction of sp³-hybridized carbons (Fsp3) is 0.0952. The van der Waals surface area contributed by atoms with Gasteiger partial charge in [0.15, 0.2) is 5.76 Å². The number of benzene rings is 2. The molecule has 30 heavy (non-hydrogen) atoms. The van der Waals surface area contributed by atoms with Crippen LogP contribution in [0.1, 0.15) is 17.0 Å². The second kappa shape index (κ2) is 8.16. The number of halogens is 2. The zero-order valence-corrected chi connectivity index (χ0v) is 15.5. The molecule has 0 fully saturated rings. The molecular weight excluding hydrogens is 394 g/mol. The predicted molar refractivity (Wildman–Crippen MR) is 106 cm³/mol. The first-order valence-corrected chi connectivity index (χ1v) is 9.06. The first kappa shape index (κ1) is 19.3. The number of anilines is 1. The Kier molecular flexibility index (Phi) is 5.25. The number of rotatable bonds is 6. The molecule has 0 spiro atoms. The smallest absolute Gasteiger partial charge is 0.286 e. The van der Waals surface area contributed by atoms with E-state index >= 15 is 0 Å². The van der Waals surface area contributed by atoms with Crippen LogP contribution in [-0.4, -0.2) is 28.3 Å². The number of amides is 2. The van der Waals surface area contributed by atoms with Gasteiger partial charge in [-0.25, -0.2) is 13.8 Å². The fourth-order valence-corrected chi connectivity index (χ4v) is 2.90. The van der Waals surface area contributed by atoms with Gasteiger partial charge in [-0.05, 0) is 48.5 Å². The van der Waals surface area contributed by atoms with Gasteiger partial charge in [-0.2, -0.15) is 0 Å². The molecule has 9 heteroatoms. The van der Waals surface area contributed by atoms with Crippen LogP contribution in [0.15, 0.2) is 59.2 Å². The minimum Gasteiger partial charge on any atom is -0.459 e. The number of H-pyrrole nitrogens is 1. The van der Waals surface area contributed by atoms with Crippen LogP contribution in [0, 0.1) is 11.6 Å². The molecule has 2 amide bonds. The highest BCUT2D eigenvalue weighted by Gasteiger charge is 2.13. The lowest BCUT2D eigenvalue weighted by Gasteiger charge is -2.06. The second-order valence-corrected chi connectivity index (χ2v) is 6.47. The van der Waals surface area contributed by atoms with Gasteiger partial charge >= 0.3 is 0 Å². The molecule has 2 heterocycles. The highest BCUT2D eigenvalue weighted by atomic mass is 19.1. The van der Waals surface area contributed by atoms with E-state index in [2.05, 4.69) is 20.6 Å². The van der Waals surface area contributed by atoms with Crippen LogP contribution in [0.3, 0.4) is 0 Å². The molecule has 4 aromatic rings. The molecule has 0 aliphatic rings. The quantitative estimate of drug-likeness (QED) is 0.449. The van der Waals surface area contributed by atoms with Gasteiger partial charge in [0.25, 0.3) is 5.91 Å². The third kappa shape index (κ3) is 4.19. The van der Waals surface area contributed by atoms with Crippen LogP contribution >= 0.6 is 0 Å². The van der Waals surface area contributed by atoms with Crippen molar-refractivity contribution >= 4 is 28.5 Å². The Labute approximate surface area is 169 Å². The molecule has 0 aliphatic heterocycles. The SMILES string of the molecule is O=C(CCNC(=O)c1ccco1)Nc1ccc2nc(-c3cc(F)ccc3F)[nH]c2c1. The van der Waals surface area contributed by atoms with Gasteiger partial charge in [0.2, 0.25) is 5.91 Å². The Bertz CT molecular complexity index is 1220. The summed E-state index contributed by atoms with van der Waals surface area (Å²) in [7, 11) is 0. The van der Waals surface area contributed by atoms with Crippen LogP contribution in [0.25, 0.3) is 22.4 Å². The van der Waals surface area contributed by atoms with E-state index in [0.29, 0.717) is 16.7 Å². The van der Waals surface area contributed by atoms with Crippen molar-refractivity contribution in [3.05, 3.63) is 72.2 Å². The Hall–Kier alpha value is -4.01. The first-order chi connectivity index (χ1) is 14.5. The number of carbonyl (C=O) groups excluding carboxylic acids is 2. The average Bonchev–Trinajstić information content (AvgIpc) is 3.39. The maximum atomic E-state index is 14.0. The van der Waals surface area contributed by atoms with Gasteiger partial charge in [0, 0.05) is 18.7 Å². The van der Waals surface area contributed by atoms with Crippen molar-refractivity contribution in [2.24, 2.45) is 0 Å². The van der Waals surface area contributed by atoms with Crippen LogP contribution in [0.2, 0.25) is 0 Å². The van der Waals surface area contributed by atoms with E-state index in [-0.39, 0.29) is 36.0 Å². The third-order valence-electron chi connectivity index (χ3n) is 4.33. The van der Waals surface area contributed by atoms with Crippen molar-refractivity contribution in [1.29, 1.82) is 0 Å².